The first kappa shape index (κ1) is 12.2. The Morgan fingerprint density at radius 1 is 1.37 bits per heavy atom. The third-order valence-corrected chi connectivity index (χ3v) is 4.50. The lowest BCUT2D eigenvalue weighted by atomic mass is 10.1. The molecule has 1 aliphatic heterocycles. The molecule has 0 radical (unpaired) electrons. The van der Waals surface area contributed by atoms with Crippen LogP contribution in [0.3, 0.4) is 0 Å². The quantitative estimate of drug-likeness (QED) is 0.867. The van der Waals surface area contributed by atoms with Crippen molar-refractivity contribution in [1.29, 1.82) is 0 Å². The van der Waals surface area contributed by atoms with Crippen LogP contribution in [-0.4, -0.2) is 22.5 Å². The van der Waals surface area contributed by atoms with Crippen molar-refractivity contribution < 1.29 is 9.90 Å². The molecule has 0 spiro atoms. The normalized spacial score (nSPS) is 14.3. The minimum atomic E-state index is -0.0851. The fourth-order valence-electron chi connectivity index (χ4n) is 2.41. The van der Waals surface area contributed by atoms with E-state index in [4.69, 9.17) is 0 Å². The van der Waals surface area contributed by atoms with Crippen LogP contribution in [0.25, 0.3) is 0 Å². The fraction of sp³-hybridized carbons (Fsp3) is 0.267. The Morgan fingerprint density at radius 2 is 2.21 bits per heavy atom. The number of fused-ring (bicyclic) bond motifs is 1. The molecule has 0 aliphatic carbocycles. The fourth-order valence-corrected chi connectivity index (χ4v) is 3.30. The summed E-state index contributed by atoms with van der Waals surface area (Å²) in [5, 5.41) is 11.9. The highest BCUT2D eigenvalue weighted by Crippen LogP contribution is 2.27. The third-order valence-electron chi connectivity index (χ3n) is 3.48. The van der Waals surface area contributed by atoms with Crippen LogP contribution >= 0.6 is 11.3 Å². The van der Waals surface area contributed by atoms with Gasteiger partial charge in [0.05, 0.1) is 5.56 Å². The van der Waals surface area contributed by atoms with Crippen LogP contribution in [-0.2, 0) is 13.0 Å². The average molecular weight is 273 g/mol. The van der Waals surface area contributed by atoms with E-state index in [1.807, 2.05) is 11.8 Å². The molecule has 98 valence electrons. The highest BCUT2D eigenvalue weighted by Gasteiger charge is 2.24. The van der Waals surface area contributed by atoms with Crippen molar-refractivity contribution in [3.63, 3.8) is 0 Å². The number of rotatable bonds is 1. The molecule has 1 amide bonds. The minimum absolute atomic E-state index is 0.0618. The molecule has 19 heavy (non-hydrogen) atoms. The van der Waals surface area contributed by atoms with Gasteiger partial charge in [-0.15, -0.1) is 11.3 Å². The van der Waals surface area contributed by atoms with Gasteiger partial charge in [0.15, 0.2) is 0 Å². The standard InChI is InChI=1S/C15H15NO2S/c1-10-2-3-13(17)12(8-10)15(18)16-6-4-14-11(9-16)5-7-19-14/h2-3,5,7-8,17H,4,6,9H2,1H3. The molecule has 0 saturated carbocycles. The van der Waals surface area contributed by atoms with Crippen LogP contribution in [0.15, 0.2) is 29.6 Å². The molecule has 0 saturated heterocycles. The average Bonchev–Trinajstić information content (AvgIpc) is 2.88. The molecule has 4 heteroatoms. The maximum absolute atomic E-state index is 12.5. The van der Waals surface area contributed by atoms with Gasteiger partial charge in [-0.05, 0) is 42.5 Å². The first-order valence-corrected chi connectivity index (χ1v) is 7.17. The second-order valence-electron chi connectivity index (χ2n) is 4.87. The number of hydrogen-bond donors (Lipinski definition) is 1. The van der Waals surface area contributed by atoms with E-state index >= 15 is 0 Å². The Morgan fingerprint density at radius 3 is 3.05 bits per heavy atom. The van der Waals surface area contributed by atoms with Crippen molar-refractivity contribution in [3.05, 3.63) is 51.2 Å². The van der Waals surface area contributed by atoms with Crippen LogP contribution in [0.4, 0.5) is 0 Å². The molecule has 0 fully saturated rings. The molecule has 1 aromatic heterocycles. The molecule has 0 unspecified atom stereocenters. The lowest BCUT2D eigenvalue weighted by molar-refractivity contribution is 0.0732. The number of hydrogen-bond acceptors (Lipinski definition) is 3. The maximum atomic E-state index is 12.5. The van der Waals surface area contributed by atoms with Gasteiger partial charge in [0.2, 0.25) is 0 Å². The van der Waals surface area contributed by atoms with Gasteiger partial charge in [0, 0.05) is 18.0 Å². The summed E-state index contributed by atoms with van der Waals surface area (Å²) in [7, 11) is 0. The van der Waals surface area contributed by atoms with Crippen LogP contribution < -0.4 is 0 Å². The Bertz CT molecular complexity index is 633. The zero-order valence-electron chi connectivity index (χ0n) is 10.7. The van der Waals surface area contributed by atoms with E-state index in [9.17, 15) is 9.90 Å². The SMILES string of the molecule is Cc1ccc(O)c(C(=O)N2CCc3sccc3C2)c1. The Balaban J connectivity index is 1.87. The van der Waals surface area contributed by atoms with Gasteiger partial charge in [-0.25, -0.2) is 0 Å². The zero-order chi connectivity index (χ0) is 13.4. The largest absolute Gasteiger partial charge is 0.507 e. The number of thiophene rings is 1. The Labute approximate surface area is 116 Å². The lowest BCUT2D eigenvalue weighted by Crippen LogP contribution is -2.35. The van der Waals surface area contributed by atoms with E-state index in [2.05, 4.69) is 11.4 Å². The van der Waals surface area contributed by atoms with E-state index in [1.54, 1.807) is 29.5 Å². The molecular formula is C15H15NO2S. The lowest BCUT2D eigenvalue weighted by Gasteiger charge is -2.27. The van der Waals surface area contributed by atoms with Crippen LogP contribution in [0.5, 0.6) is 5.75 Å². The predicted molar refractivity (Wildman–Crippen MR) is 75.6 cm³/mol. The summed E-state index contributed by atoms with van der Waals surface area (Å²) in [4.78, 5) is 15.7. The number of carbonyl (C=O) groups excluding carboxylic acids is 1. The summed E-state index contributed by atoms with van der Waals surface area (Å²) in [6, 6.07) is 7.22. The van der Waals surface area contributed by atoms with E-state index in [0.29, 0.717) is 12.1 Å². The van der Waals surface area contributed by atoms with Crippen molar-refractivity contribution in [2.75, 3.05) is 6.54 Å². The van der Waals surface area contributed by atoms with Crippen LogP contribution in [0.2, 0.25) is 0 Å². The number of benzene rings is 1. The molecule has 1 aromatic carbocycles. The summed E-state index contributed by atoms with van der Waals surface area (Å²) < 4.78 is 0. The van der Waals surface area contributed by atoms with Gasteiger partial charge in [0.1, 0.15) is 5.75 Å². The zero-order valence-corrected chi connectivity index (χ0v) is 11.5. The van der Waals surface area contributed by atoms with E-state index in [-0.39, 0.29) is 11.7 Å². The molecule has 2 aromatic rings. The summed E-state index contributed by atoms with van der Waals surface area (Å²) in [5.74, 6) is -0.0234. The molecule has 3 rings (SSSR count). The van der Waals surface area contributed by atoms with Gasteiger partial charge in [-0.3, -0.25) is 4.79 Å². The number of phenols is 1. The monoisotopic (exact) mass is 273 g/mol. The first-order chi connectivity index (χ1) is 9.15. The van der Waals surface area contributed by atoms with Gasteiger partial charge in [0.25, 0.3) is 5.91 Å². The highest BCUT2D eigenvalue weighted by molar-refractivity contribution is 7.10. The molecule has 0 bridgehead atoms. The number of phenolic OH excluding ortho intramolecular Hbond substituents is 1. The van der Waals surface area contributed by atoms with Gasteiger partial charge in [-0.2, -0.15) is 0 Å². The second-order valence-corrected chi connectivity index (χ2v) is 5.87. The van der Waals surface area contributed by atoms with Gasteiger partial charge < -0.3 is 10.0 Å². The first-order valence-electron chi connectivity index (χ1n) is 6.29. The van der Waals surface area contributed by atoms with Gasteiger partial charge in [-0.1, -0.05) is 11.6 Å². The second kappa shape index (κ2) is 4.70. The Kier molecular flexibility index (Phi) is 3.03. The summed E-state index contributed by atoms with van der Waals surface area (Å²) in [6.07, 6.45) is 0.908. The number of amides is 1. The molecule has 1 aliphatic rings. The number of nitrogens with zero attached hydrogens (tertiary/aromatic N) is 1. The topological polar surface area (TPSA) is 40.5 Å². The van der Waals surface area contributed by atoms with Crippen molar-refractivity contribution in [2.45, 2.75) is 19.9 Å². The number of aryl methyl sites for hydroxylation is 1. The maximum Gasteiger partial charge on any atom is 0.257 e. The van der Waals surface area contributed by atoms with Crippen molar-refractivity contribution >= 4 is 17.2 Å². The van der Waals surface area contributed by atoms with Gasteiger partial charge >= 0.3 is 0 Å². The smallest absolute Gasteiger partial charge is 0.257 e. The molecular weight excluding hydrogens is 258 g/mol. The van der Waals surface area contributed by atoms with Crippen LogP contribution in [0, 0.1) is 6.92 Å². The Hall–Kier alpha value is -1.81. The minimum Gasteiger partial charge on any atom is -0.507 e. The van der Waals surface area contributed by atoms with E-state index in [1.165, 1.54) is 10.4 Å². The van der Waals surface area contributed by atoms with E-state index < -0.39 is 0 Å². The summed E-state index contributed by atoms with van der Waals surface area (Å²) in [6.45, 7) is 3.29. The van der Waals surface area contributed by atoms with E-state index in [0.717, 1.165) is 18.5 Å². The summed E-state index contributed by atoms with van der Waals surface area (Å²) >= 11 is 1.75. The molecule has 2 heterocycles. The summed E-state index contributed by atoms with van der Waals surface area (Å²) in [5.41, 5.74) is 2.62. The third kappa shape index (κ3) is 2.24. The van der Waals surface area contributed by atoms with Crippen molar-refractivity contribution in [3.8, 4) is 5.75 Å². The highest BCUT2D eigenvalue weighted by atomic mass is 32.1. The molecule has 3 nitrogen and oxygen atoms in total. The predicted octanol–water partition coefficient (Wildman–Crippen LogP) is 2.96. The molecule has 0 atom stereocenters. The number of aromatic hydroxyl groups is 1. The van der Waals surface area contributed by atoms with Crippen molar-refractivity contribution in [2.24, 2.45) is 0 Å². The van der Waals surface area contributed by atoms with Crippen LogP contribution in [0.1, 0.15) is 26.4 Å². The number of carbonyl (C=O) groups is 1. The van der Waals surface area contributed by atoms with Crippen molar-refractivity contribution in [1.82, 2.24) is 4.90 Å². The molecule has 1 N–H and O–H groups in total.